The number of rotatable bonds is 9. The fraction of sp³-hybridized carbons (Fsp3) is 0.227. The number of hydrogen-bond acceptors (Lipinski definition) is 4. The van der Waals surface area contributed by atoms with Crippen LogP contribution in [0.25, 0.3) is 0 Å². The molecule has 2 aromatic carbocycles. The highest BCUT2D eigenvalue weighted by atomic mass is 35.5. The molecule has 0 aliphatic rings. The summed E-state index contributed by atoms with van der Waals surface area (Å²) < 4.78 is 11.4. The van der Waals surface area contributed by atoms with Crippen molar-refractivity contribution in [2.75, 3.05) is 13.7 Å². The highest BCUT2D eigenvalue weighted by Gasteiger charge is 2.06. The van der Waals surface area contributed by atoms with Crippen molar-refractivity contribution in [3.8, 4) is 11.5 Å². The van der Waals surface area contributed by atoms with E-state index >= 15 is 0 Å². The van der Waals surface area contributed by atoms with E-state index in [-0.39, 0.29) is 12.4 Å². The van der Waals surface area contributed by atoms with Crippen LogP contribution in [0.1, 0.15) is 16.7 Å². The topological polar surface area (TPSA) is 43.4 Å². The lowest BCUT2D eigenvalue weighted by molar-refractivity contribution is -0.00000603. The van der Waals surface area contributed by atoms with Gasteiger partial charge in [-0.05, 0) is 34.9 Å². The number of nitrogens with zero attached hydrogens (tertiary/aromatic N) is 1. The van der Waals surface area contributed by atoms with Gasteiger partial charge in [0, 0.05) is 31.9 Å². The molecule has 3 aromatic rings. The molecule has 4 nitrogen and oxygen atoms in total. The van der Waals surface area contributed by atoms with Crippen LogP contribution in [0, 0.1) is 0 Å². The van der Waals surface area contributed by atoms with E-state index in [4.69, 9.17) is 9.47 Å². The van der Waals surface area contributed by atoms with Gasteiger partial charge in [-0.25, -0.2) is 0 Å². The van der Waals surface area contributed by atoms with Gasteiger partial charge in [0.2, 0.25) is 0 Å². The first-order valence-electron chi connectivity index (χ1n) is 8.78. The summed E-state index contributed by atoms with van der Waals surface area (Å²) in [6.07, 6.45) is 4.53. The largest absolute Gasteiger partial charge is 1.00 e. The number of ether oxygens (including phenoxy) is 2. The fourth-order valence-corrected chi connectivity index (χ4v) is 2.72. The summed E-state index contributed by atoms with van der Waals surface area (Å²) in [5.41, 5.74) is 3.59. The van der Waals surface area contributed by atoms with Gasteiger partial charge in [0.15, 0.2) is 11.5 Å². The fourth-order valence-electron chi connectivity index (χ4n) is 2.72. The van der Waals surface area contributed by atoms with E-state index in [9.17, 15) is 0 Å². The van der Waals surface area contributed by atoms with Crippen molar-refractivity contribution in [2.24, 2.45) is 0 Å². The minimum absolute atomic E-state index is 0. The SMILES string of the molecule is COc1cc(CNCc2cccnc2)ccc1OCCc1ccccc1.[Cl-]. The Balaban J connectivity index is 0.00000261. The Morgan fingerprint density at radius 3 is 2.37 bits per heavy atom. The average Bonchev–Trinajstić information content (AvgIpc) is 2.70. The van der Waals surface area contributed by atoms with Crippen molar-refractivity contribution in [1.29, 1.82) is 0 Å². The Morgan fingerprint density at radius 1 is 0.852 bits per heavy atom. The first-order chi connectivity index (χ1) is 12.8. The zero-order valence-electron chi connectivity index (χ0n) is 15.4. The number of methoxy groups -OCH3 is 1. The van der Waals surface area contributed by atoms with Gasteiger partial charge in [0.05, 0.1) is 13.7 Å². The molecule has 1 N–H and O–H groups in total. The number of nitrogens with one attached hydrogen (secondary N) is 1. The molecule has 0 atom stereocenters. The maximum atomic E-state index is 5.91. The number of hydrogen-bond donors (Lipinski definition) is 1. The molecular weight excluding hydrogens is 360 g/mol. The number of aromatic nitrogens is 1. The molecular formula is C22H24ClN2O2-. The molecule has 0 unspecified atom stereocenters. The molecule has 0 radical (unpaired) electrons. The van der Waals surface area contributed by atoms with Gasteiger partial charge in [0.1, 0.15) is 0 Å². The molecule has 142 valence electrons. The molecule has 0 aliphatic carbocycles. The molecule has 1 aromatic heterocycles. The van der Waals surface area contributed by atoms with Gasteiger partial charge < -0.3 is 27.2 Å². The number of pyridine rings is 1. The highest BCUT2D eigenvalue weighted by molar-refractivity contribution is 5.43. The van der Waals surface area contributed by atoms with Crippen molar-refractivity contribution in [3.05, 3.63) is 89.7 Å². The van der Waals surface area contributed by atoms with Crippen LogP contribution in [0.3, 0.4) is 0 Å². The van der Waals surface area contributed by atoms with Crippen molar-refractivity contribution in [2.45, 2.75) is 19.5 Å². The lowest BCUT2D eigenvalue weighted by atomic mass is 10.1. The second-order valence-electron chi connectivity index (χ2n) is 6.03. The third-order valence-corrected chi connectivity index (χ3v) is 4.10. The zero-order chi connectivity index (χ0) is 18.0. The van der Waals surface area contributed by atoms with Crippen molar-refractivity contribution < 1.29 is 21.9 Å². The normalized spacial score (nSPS) is 10.1. The number of halogens is 1. The van der Waals surface area contributed by atoms with Crippen LogP contribution in [-0.2, 0) is 19.5 Å². The quantitative estimate of drug-likeness (QED) is 0.599. The minimum atomic E-state index is 0. The van der Waals surface area contributed by atoms with E-state index < -0.39 is 0 Å². The summed E-state index contributed by atoms with van der Waals surface area (Å²) >= 11 is 0. The third kappa shape index (κ3) is 6.59. The summed E-state index contributed by atoms with van der Waals surface area (Å²) in [5, 5.41) is 3.42. The van der Waals surface area contributed by atoms with E-state index in [1.54, 1.807) is 13.3 Å². The lowest BCUT2D eigenvalue weighted by Gasteiger charge is -2.13. The maximum Gasteiger partial charge on any atom is 0.161 e. The Hall–Kier alpha value is -2.56. The molecule has 5 heteroatoms. The first kappa shape index (κ1) is 20.7. The van der Waals surface area contributed by atoms with Gasteiger partial charge in [-0.15, -0.1) is 0 Å². The third-order valence-electron chi connectivity index (χ3n) is 4.10. The summed E-state index contributed by atoms with van der Waals surface area (Å²) in [6.45, 7) is 2.17. The Kier molecular flexibility index (Phi) is 8.62. The second-order valence-corrected chi connectivity index (χ2v) is 6.03. The molecule has 0 aliphatic heterocycles. The van der Waals surface area contributed by atoms with Crippen LogP contribution in [-0.4, -0.2) is 18.7 Å². The van der Waals surface area contributed by atoms with Crippen LogP contribution in [0.2, 0.25) is 0 Å². The Bertz CT molecular complexity index is 798. The van der Waals surface area contributed by atoms with Gasteiger partial charge in [-0.1, -0.05) is 42.5 Å². The van der Waals surface area contributed by atoms with Gasteiger partial charge in [-0.2, -0.15) is 0 Å². The molecule has 0 saturated heterocycles. The smallest absolute Gasteiger partial charge is 0.161 e. The monoisotopic (exact) mass is 383 g/mol. The van der Waals surface area contributed by atoms with Crippen LogP contribution in [0.15, 0.2) is 73.1 Å². The Labute approximate surface area is 167 Å². The van der Waals surface area contributed by atoms with Crippen LogP contribution in [0.4, 0.5) is 0 Å². The average molecular weight is 384 g/mol. The van der Waals surface area contributed by atoms with Crippen molar-refractivity contribution >= 4 is 0 Å². The molecule has 3 rings (SSSR count). The maximum absolute atomic E-state index is 5.91. The summed E-state index contributed by atoms with van der Waals surface area (Å²) in [7, 11) is 1.67. The molecule has 1 heterocycles. The van der Waals surface area contributed by atoms with Crippen molar-refractivity contribution in [1.82, 2.24) is 10.3 Å². The predicted molar refractivity (Wildman–Crippen MR) is 103 cm³/mol. The van der Waals surface area contributed by atoms with E-state index in [2.05, 4.69) is 34.6 Å². The molecule has 27 heavy (non-hydrogen) atoms. The summed E-state index contributed by atoms with van der Waals surface area (Å²) in [6, 6.07) is 20.4. The first-order valence-corrected chi connectivity index (χ1v) is 8.78. The van der Waals surface area contributed by atoms with Crippen LogP contribution >= 0.6 is 0 Å². The van der Waals surface area contributed by atoms with Gasteiger partial charge in [-0.3, -0.25) is 4.98 Å². The van der Waals surface area contributed by atoms with Crippen molar-refractivity contribution in [3.63, 3.8) is 0 Å². The van der Waals surface area contributed by atoms with E-state index in [0.717, 1.165) is 36.6 Å². The molecule has 0 bridgehead atoms. The summed E-state index contributed by atoms with van der Waals surface area (Å²) in [4.78, 5) is 4.12. The molecule has 0 spiro atoms. The molecule has 0 fully saturated rings. The minimum Gasteiger partial charge on any atom is -1.00 e. The van der Waals surface area contributed by atoms with Crippen LogP contribution in [0.5, 0.6) is 11.5 Å². The standard InChI is InChI=1S/C22H24N2O2.ClH/c1-25-22-14-19(15-24-17-20-8-5-12-23-16-20)9-10-21(22)26-13-11-18-6-3-2-4-7-18;/h2-10,12,14,16,24H,11,13,15,17H2,1H3;1H/p-1. The van der Waals surface area contributed by atoms with E-state index in [1.807, 2.05) is 42.6 Å². The van der Waals surface area contributed by atoms with E-state index in [0.29, 0.717) is 6.61 Å². The molecule has 0 saturated carbocycles. The number of benzene rings is 2. The lowest BCUT2D eigenvalue weighted by Crippen LogP contribution is -3.00. The zero-order valence-corrected chi connectivity index (χ0v) is 16.2. The van der Waals surface area contributed by atoms with E-state index in [1.165, 1.54) is 11.1 Å². The van der Waals surface area contributed by atoms with Gasteiger partial charge >= 0.3 is 0 Å². The highest BCUT2D eigenvalue weighted by Crippen LogP contribution is 2.28. The summed E-state index contributed by atoms with van der Waals surface area (Å²) in [5.74, 6) is 1.54. The second kappa shape index (κ2) is 11.2. The van der Waals surface area contributed by atoms with Gasteiger partial charge in [0.25, 0.3) is 0 Å². The molecule has 0 amide bonds. The Morgan fingerprint density at radius 2 is 1.63 bits per heavy atom. The van der Waals surface area contributed by atoms with Crippen LogP contribution < -0.4 is 27.2 Å². The predicted octanol–water partition coefficient (Wildman–Crippen LogP) is 1.01.